The highest BCUT2D eigenvalue weighted by atomic mass is 32.2. The Bertz CT molecular complexity index is 519. The summed E-state index contributed by atoms with van der Waals surface area (Å²) in [4.78, 5) is 1.32. The highest BCUT2D eigenvalue weighted by Crippen LogP contribution is 2.17. The molecule has 100 valence electrons. The van der Waals surface area contributed by atoms with E-state index in [2.05, 4.69) is 74.0 Å². The van der Waals surface area contributed by atoms with Crippen molar-refractivity contribution < 1.29 is 0 Å². The van der Waals surface area contributed by atoms with Gasteiger partial charge in [-0.3, -0.25) is 0 Å². The second-order valence-corrected chi connectivity index (χ2v) is 5.74. The number of hydrogen-bond donors (Lipinski definition) is 1. The fourth-order valence-corrected chi connectivity index (χ4v) is 2.48. The molecule has 0 aromatic heterocycles. The lowest BCUT2D eigenvalue weighted by atomic mass is 10.1. The Morgan fingerprint density at radius 3 is 2.47 bits per heavy atom. The van der Waals surface area contributed by atoms with Gasteiger partial charge in [-0.1, -0.05) is 42.0 Å². The van der Waals surface area contributed by atoms with Crippen LogP contribution in [-0.4, -0.2) is 6.26 Å². The van der Waals surface area contributed by atoms with E-state index in [-0.39, 0.29) is 0 Å². The van der Waals surface area contributed by atoms with E-state index in [0.29, 0.717) is 6.04 Å². The molecule has 0 aliphatic carbocycles. The molecule has 0 heterocycles. The van der Waals surface area contributed by atoms with Crippen LogP contribution >= 0.6 is 11.8 Å². The molecule has 0 fully saturated rings. The van der Waals surface area contributed by atoms with Gasteiger partial charge in [0, 0.05) is 17.5 Å². The van der Waals surface area contributed by atoms with Crippen LogP contribution in [0.1, 0.15) is 29.7 Å². The van der Waals surface area contributed by atoms with Gasteiger partial charge in [-0.2, -0.15) is 0 Å². The van der Waals surface area contributed by atoms with Gasteiger partial charge in [0.05, 0.1) is 0 Å². The largest absolute Gasteiger partial charge is 0.306 e. The number of nitrogens with one attached hydrogen (secondary N) is 1. The van der Waals surface area contributed by atoms with E-state index in [1.54, 1.807) is 11.8 Å². The predicted octanol–water partition coefficient (Wildman–Crippen LogP) is 4.57. The molecule has 2 heteroatoms. The summed E-state index contributed by atoms with van der Waals surface area (Å²) in [7, 11) is 0. The topological polar surface area (TPSA) is 12.0 Å². The van der Waals surface area contributed by atoms with Crippen LogP contribution in [0, 0.1) is 6.92 Å². The Morgan fingerprint density at radius 2 is 1.84 bits per heavy atom. The maximum absolute atomic E-state index is 3.57. The summed E-state index contributed by atoms with van der Waals surface area (Å²) in [6, 6.07) is 17.8. The standard InChI is InChI=1S/C17H21NS/c1-13-5-4-6-16(11-13)14(2)18-12-15-7-9-17(19-3)10-8-15/h4-11,14,18H,12H2,1-3H3/t14-/m1/s1. The van der Waals surface area contributed by atoms with Crippen LogP contribution in [0.4, 0.5) is 0 Å². The predicted molar refractivity (Wildman–Crippen MR) is 84.7 cm³/mol. The minimum absolute atomic E-state index is 0.375. The van der Waals surface area contributed by atoms with Crippen LogP contribution in [0.2, 0.25) is 0 Å². The number of aryl methyl sites for hydroxylation is 1. The zero-order chi connectivity index (χ0) is 13.7. The first-order chi connectivity index (χ1) is 9.19. The summed E-state index contributed by atoms with van der Waals surface area (Å²) >= 11 is 1.78. The monoisotopic (exact) mass is 271 g/mol. The first-order valence-corrected chi connectivity index (χ1v) is 7.84. The van der Waals surface area contributed by atoms with Crippen molar-refractivity contribution in [1.82, 2.24) is 5.32 Å². The van der Waals surface area contributed by atoms with Crippen LogP contribution in [-0.2, 0) is 6.54 Å². The number of rotatable bonds is 5. The van der Waals surface area contributed by atoms with Gasteiger partial charge in [0.1, 0.15) is 0 Å². The molecule has 1 atom stereocenters. The fraction of sp³-hybridized carbons (Fsp3) is 0.294. The Morgan fingerprint density at radius 1 is 1.11 bits per heavy atom. The Kier molecular flexibility index (Phi) is 5.06. The third-order valence-electron chi connectivity index (χ3n) is 3.31. The molecular formula is C17H21NS. The van der Waals surface area contributed by atoms with Gasteiger partial charge >= 0.3 is 0 Å². The van der Waals surface area contributed by atoms with Crippen molar-refractivity contribution in [3.8, 4) is 0 Å². The Labute approximate surface area is 120 Å². The Hall–Kier alpha value is -1.25. The highest BCUT2D eigenvalue weighted by molar-refractivity contribution is 7.98. The van der Waals surface area contributed by atoms with Gasteiger partial charge < -0.3 is 5.32 Å². The van der Waals surface area contributed by atoms with Crippen LogP contribution in [0.15, 0.2) is 53.4 Å². The summed E-state index contributed by atoms with van der Waals surface area (Å²) in [6.07, 6.45) is 2.10. The van der Waals surface area contributed by atoms with Crippen LogP contribution in [0.25, 0.3) is 0 Å². The molecular weight excluding hydrogens is 250 g/mol. The van der Waals surface area contributed by atoms with Crippen molar-refractivity contribution in [2.24, 2.45) is 0 Å². The van der Waals surface area contributed by atoms with Crippen LogP contribution in [0.3, 0.4) is 0 Å². The van der Waals surface area contributed by atoms with Gasteiger partial charge in [0.25, 0.3) is 0 Å². The minimum atomic E-state index is 0.375. The lowest BCUT2D eigenvalue weighted by Gasteiger charge is -2.15. The molecule has 2 aromatic carbocycles. The maximum Gasteiger partial charge on any atom is 0.0295 e. The van der Waals surface area contributed by atoms with Crippen molar-refractivity contribution in [3.63, 3.8) is 0 Å². The molecule has 2 rings (SSSR count). The van der Waals surface area contributed by atoms with E-state index < -0.39 is 0 Å². The summed E-state index contributed by atoms with van der Waals surface area (Å²) < 4.78 is 0. The fourth-order valence-electron chi connectivity index (χ4n) is 2.07. The lowest BCUT2D eigenvalue weighted by molar-refractivity contribution is 0.574. The van der Waals surface area contributed by atoms with E-state index >= 15 is 0 Å². The van der Waals surface area contributed by atoms with Gasteiger partial charge in [-0.25, -0.2) is 0 Å². The maximum atomic E-state index is 3.57. The minimum Gasteiger partial charge on any atom is -0.306 e. The first kappa shape index (κ1) is 14.2. The molecule has 0 bridgehead atoms. The quantitative estimate of drug-likeness (QED) is 0.800. The molecule has 0 aliphatic rings. The normalized spacial score (nSPS) is 12.4. The molecule has 0 radical (unpaired) electrons. The molecule has 0 aliphatic heterocycles. The smallest absolute Gasteiger partial charge is 0.0295 e. The van der Waals surface area contributed by atoms with Crippen LogP contribution in [0.5, 0.6) is 0 Å². The van der Waals surface area contributed by atoms with Crippen molar-refractivity contribution >= 4 is 11.8 Å². The highest BCUT2D eigenvalue weighted by Gasteiger charge is 2.04. The van der Waals surface area contributed by atoms with Crippen molar-refractivity contribution in [2.75, 3.05) is 6.26 Å². The van der Waals surface area contributed by atoms with Crippen molar-refractivity contribution in [3.05, 3.63) is 65.2 Å². The van der Waals surface area contributed by atoms with Gasteiger partial charge in [-0.05, 0) is 43.4 Å². The summed E-state index contributed by atoms with van der Waals surface area (Å²) in [5, 5.41) is 3.57. The summed E-state index contributed by atoms with van der Waals surface area (Å²) in [5.41, 5.74) is 3.99. The van der Waals surface area contributed by atoms with Gasteiger partial charge in [0.15, 0.2) is 0 Å². The number of hydrogen-bond acceptors (Lipinski definition) is 2. The molecule has 0 amide bonds. The van der Waals surface area contributed by atoms with E-state index in [1.807, 2.05) is 0 Å². The zero-order valence-electron chi connectivity index (χ0n) is 11.8. The first-order valence-electron chi connectivity index (χ1n) is 6.62. The molecule has 0 saturated carbocycles. The summed E-state index contributed by atoms with van der Waals surface area (Å²) in [6.45, 7) is 5.26. The second kappa shape index (κ2) is 6.78. The average molecular weight is 271 g/mol. The third kappa shape index (κ3) is 4.12. The SMILES string of the molecule is CSc1ccc(CN[C@H](C)c2cccc(C)c2)cc1. The molecule has 0 spiro atoms. The molecule has 0 saturated heterocycles. The van der Waals surface area contributed by atoms with E-state index in [0.717, 1.165) is 6.54 Å². The Balaban J connectivity index is 1.94. The average Bonchev–Trinajstić information content (AvgIpc) is 2.45. The van der Waals surface area contributed by atoms with E-state index in [4.69, 9.17) is 0 Å². The lowest BCUT2D eigenvalue weighted by Crippen LogP contribution is -2.18. The zero-order valence-corrected chi connectivity index (χ0v) is 12.6. The molecule has 0 unspecified atom stereocenters. The molecule has 19 heavy (non-hydrogen) atoms. The van der Waals surface area contributed by atoms with E-state index in [9.17, 15) is 0 Å². The van der Waals surface area contributed by atoms with Gasteiger partial charge in [0.2, 0.25) is 0 Å². The van der Waals surface area contributed by atoms with Crippen molar-refractivity contribution in [1.29, 1.82) is 0 Å². The van der Waals surface area contributed by atoms with Gasteiger partial charge in [-0.15, -0.1) is 11.8 Å². The molecule has 1 N–H and O–H groups in total. The molecule has 2 aromatic rings. The van der Waals surface area contributed by atoms with Crippen molar-refractivity contribution in [2.45, 2.75) is 31.3 Å². The second-order valence-electron chi connectivity index (χ2n) is 4.86. The third-order valence-corrected chi connectivity index (χ3v) is 4.06. The number of benzene rings is 2. The molecule has 1 nitrogen and oxygen atoms in total. The number of thioether (sulfide) groups is 1. The summed E-state index contributed by atoms with van der Waals surface area (Å²) in [5.74, 6) is 0. The van der Waals surface area contributed by atoms with Crippen LogP contribution < -0.4 is 5.32 Å². The van der Waals surface area contributed by atoms with E-state index in [1.165, 1.54) is 21.6 Å².